The number of aromatic amines is 1. The lowest BCUT2D eigenvalue weighted by atomic mass is 10.1. The Morgan fingerprint density at radius 3 is 2.84 bits per heavy atom. The molecule has 0 radical (unpaired) electrons. The van der Waals surface area contributed by atoms with E-state index in [1.807, 2.05) is 22.9 Å². The van der Waals surface area contributed by atoms with Gasteiger partial charge in [-0.15, -0.1) is 0 Å². The van der Waals surface area contributed by atoms with Crippen molar-refractivity contribution in [2.75, 3.05) is 5.32 Å². The molecule has 0 bridgehead atoms. The molecule has 1 aliphatic rings. The number of pyridine rings is 3. The van der Waals surface area contributed by atoms with Crippen molar-refractivity contribution in [1.29, 1.82) is 0 Å². The number of carbonyl (C=O) groups is 1. The zero-order chi connectivity index (χ0) is 25.1. The highest BCUT2D eigenvalue weighted by Crippen LogP contribution is 2.35. The van der Waals surface area contributed by atoms with Gasteiger partial charge in [0.1, 0.15) is 16.9 Å². The molecule has 1 fully saturated rings. The summed E-state index contributed by atoms with van der Waals surface area (Å²) in [5, 5.41) is 11.7. The Morgan fingerprint density at radius 2 is 2.03 bits per heavy atom. The molecule has 0 saturated heterocycles. The van der Waals surface area contributed by atoms with Crippen molar-refractivity contribution < 1.29 is 9.18 Å². The molecular formula is C26H19FN8OS. The van der Waals surface area contributed by atoms with Crippen molar-refractivity contribution in [3.8, 4) is 34.0 Å². The quantitative estimate of drug-likeness (QED) is 0.330. The molecule has 7 rings (SSSR count). The minimum Gasteiger partial charge on any atom is -0.336 e. The predicted molar refractivity (Wildman–Crippen MR) is 139 cm³/mol. The van der Waals surface area contributed by atoms with Gasteiger partial charge in [0.05, 0.1) is 40.2 Å². The van der Waals surface area contributed by atoms with Crippen LogP contribution in [0.1, 0.15) is 12.8 Å². The summed E-state index contributed by atoms with van der Waals surface area (Å²) in [6.07, 6.45) is 8.16. The molecule has 182 valence electrons. The first-order chi connectivity index (χ1) is 18.1. The van der Waals surface area contributed by atoms with Crippen molar-refractivity contribution in [3.05, 3.63) is 59.6 Å². The number of rotatable bonds is 5. The van der Waals surface area contributed by atoms with Crippen LogP contribution in [0.15, 0.2) is 53.7 Å². The van der Waals surface area contributed by atoms with E-state index in [2.05, 4.69) is 30.4 Å². The molecule has 0 spiro atoms. The Kier molecular flexibility index (Phi) is 4.86. The van der Waals surface area contributed by atoms with Crippen LogP contribution in [0.5, 0.6) is 0 Å². The van der Waals surface area contributed by atoms with Gasteiger partial charge >= 0.3 is 0 Å². The van der Waals surface area contributed by atoms with Crippen molar-refractivity contribution in [2.24, 2.45) is 13.0 Å². The lowest BCUT2D eigenvalue weighted by molar-refractivity contribution is -0.117. The van der Waals surface area contributed by atoms with E-state index >= 15 is 4.39 Å². The standard InChI is InChI=1S/C26H19FN8OS/c1-35-18-11-30-21(15-8-16(10-28-9-15)31-26(36)13-2-3-13)20(27)19(18)24(34-35)25-32-17-4-6-29-22(23(17)33-25)14-5-7-37-12-14/h4-13H,2-3H2,1H3,(H,31,36)(H,32,33). The molecule has 6 heterocycles. The molecule has 0 aromatic carbocycles. The molecule has 11 heteroatoms. The predicted octanol–water partition coefficient (Wildman–Crippen LogP) is 5.18. The van der Waals surface area contributed by atoms with E-state index in [1.165, 1.54) is 6.20 Å². The Bertz CT molecular complexity index is 1820. The number of thiophene rings is 1. The maximum atomic E-state index is 16.1. The zero-order valence-electron chi connectivity index (χ0n) is 19.6. The fourth-order valence-corrected chi connectivity index (χ4v) is 5.10. The SMILES string of the molecule is Cn1nc(-c2nc3c(-c4ccsc4)nccc3[nH]2)c2c(F)c(-c3cncc(NC(=O)C4CC4)c3)ncc21. The average molecular weight is 511 g/mol. The van der Waals surface area contributed by atoms with Crippen molar-refractivity contribution in [3.63, 3.8) is 0 Å². The molecule has 0 atom stereocenters. The lowest BCUT2D eigenvalue weighted by Gasteiger charge is -2.08. The molecule has 9 nitrogen and oxygen atoms in total. The first kappa shape index (κ1) is 21.7. The van der Waals surface area contributed by atoms with Gasteiger partial charge in [-0.2, -0.15) is 16.4 Å². The molecule has 1 amide bonds. The van der Waals surface area contributed by atoms with Gasteiger partial charge in [-0.3, -0.25) is 24.4 Å². The maximum absolute atomic E-state index is 16.1. The van der Waals surface area contributed by atoms with Crippen LogP contribution in [-0.4, -0.2) is 40.6 Å². The second-order valence-corrected chi connectivity index (χ2v) is 9.81. The third-order valence-corrected chi connectivity index (χ3v) is 7.17. The number of halogens is 1. The molecule has 0 aliphatic heterocycles. The van der Waals surface area contributed by atoms with Gasteiger partial charge < -0.3 is 10.3 Å². The third-order valence-electron chi connectivity index (χ3n) is 6.48. The molecule has 2 N–H and O–H groups in total. The van der Waals surface area contributed by atoms with E-state index in [-0.39, 0.29) is 17.5 Å². The number of nitrogens with zero attached hydrogens (tertiary/aromatic N) is 6. The highest BCUT2D eigenvalue weighted by molar-refractivity contribution is 7.08. The van der Waals surface area contributed by atoms with E-state index < -0.39 is 5.82 Å². The number of carbonyl (C=O) groups excluding carboxylic acids is 1. The van der Waals surface area contributed by atoms with Crippen molar-refractivity contribution in [1.82, 2.24) is 34.7 Å². The Balaban J connectivity index is 1.35. The first-order valence-corrected chi connectivity index (χ1v) is 12.7. The molecular weight excluding hydrogens is 491 g/mol. The Morgan fingerprint density at radius 1 is 1.14 bits per heavy atom. The lowest BCUT2D eigenvalue weighted by Crippen LogP contribution is -2.13. The van der Waals surface area contributed by atoms with Gasteiger partial charge in [-0.25, -0.2) is 9.37 Å². The minimum atomic E-state index is -0.537. The minimum absolute atomic E-state index is 0.0430. The monoisotopic (exact) mass is 510 g/mol. The van der Waals surface area contributed by atoms with E-state index in [9.17, 15) is 4.79 Å². The number of hydrogen-bond acceptors (Lipinski definition) is 7. The smallest absolute Gasteiger partial charge is 0.227 e. The largest absolute Gasteiger partial charge is 0.336 e. The molecule has 6 aromatic rings. The Hall–Kier alpha value is -4.51. The van der Waals surface area contributed by atoms with Crippen molar-refractivity contribution in [2.45, 2.75) is 12.8 Å². The van der Waals surface area contributed by atoms with E-state index in [1.54, 1.807) is 47.7 Å². The van der Waals surface area contributed by atoms with Crippen LogP contribution in [0.25, 0.3) is 56.0 Å². The summed E-state index contributed by atoms with van der Waals surface area (Å²) >= 11 is 1.58. The number of fused-ring (bicyclic) bond motifs is 2. The summed E-state index contributed by atoms with van der Waals surface area (Å²) in [7, 11) is 1.74. The van der Waals surface area contributed by atoms with Gasteiger partial charge in [-0.05, 0) is 36.4 Å². The third kappa shape index (κ3) is 3.66. The van der Waals surface area contributed by atoms with Crippen LogP contribution >= 0.6 is 11.3 Å². The molecule has 0 unspecified atom stereocenters. The fraction of sp³-hybridized carbons (Fsp3) is 0.154. The number of hydrogen-bond donors (Lipinski definition) is 2. The van der Waals surface area contributed by atoms with Crippen LogP contribution in [-0.2, 0) is 11.8 Å². The Labute approximate surface area is 213 Å². The number of nitrogens with one attached hydrogen (secondary N) is 2. The molecule has 1 aliphatic carbocycles. The van der Waals surface area contributed by atoms with E-state index in [0.29, 0.717) is 39.2 Å². The van der Waals surface area contributed by atoms with Gasteiger partial charge in [0.25, 0.3) is 0 Å². The van der Waals surface area contributed by atoms with E-state index in [0.717, 1.165) is 29.6 Å². The van der Waals surface area contributed by atoms with Crippen molar-refractivity contribution >= 4 is 44.9 Å². The van der Waals surface area contributed by atoms with E-state index in [4.69, 9.17) is 4.98 Å². The molecule has 6 aromatic heterocycles. The summed E-state index contributed by atoms with van der Waals surface area (Å²) in [5.74, 6) is -0.0972. The first-order valence-electron chi connectivity index (χ1n) is 11.7. The van der Waals surface area contributed by atoms with Crippen LogP contribution in [0.2, 0.25) is 0 Å². The number of imidazole rings is 1. The zero-order valence-corrected chi connectivity index (χ0v) is 20.4. The number of aryl methyl sites for hydroxylation is 1. The average Bonchev–Trinajstić information content (AvgIpc) is 3.29. The topological polar surface area (TPSA) is 114 Å². The van der Waals surface area contributed by atoms with Crippen LogP contribution in [0, 0.1) is 11.7 Å². The number of anilines is 1. The summed E-state index contributed by atoms with van der Waals surface area (Å²) in [6.45, 7) is 0. The summed E-state index contributed by atoms with van der Waals surface area (Å²) < 4.78 is 17.7. The normalized spacial score (nSPS) is 13.5. The van der Waals surface area contributed by atoms with Gasteiger partial charge in [0.15, 0.2) is 11.6 Å². The maximum Gasteiger partial charge on any atom is 0.227 e. The highest BCUT2D eigenvalue weighted by Gasteiger charge is 2.30. The van der Waals surface area contributed by atoms with Crippen LogP contribution in [0.4, 0.5) is 10.1 Å². The molecule has 37 heavy (non-hydrogen) atoms. The summed E-state index contributed by atoms with van der Waals surface area (Å²) in [6, 6.07) is 5.51. The second-order valence-electron chi connectivity index (χ2n) is 9.03. The van der Waals surface area contributed by atoms with Crippen LogP contribution < -0.4 is 5.32 Å². The second kappa shape index (κ2) is 8.27. The highest BCUT2D eigenvalue weighted by atomic mass is 32.1. The van der Waals surface area contributed by atoms with Gasteiger partial charge in [-0.1, -0.05) is 0 Å². The summed E-state index contributed by atoms with van der Waals surface area (Å²) in [4.78, 5) is 33.3. The summed E-state index contributed by atoms with van der Waals surface area (Å²) in [5.41, 5.74) is 5.17. The van der Waals surface area contributed by atoms with Gasteiger partial charge in [0, 0.05) is 41.9 Å². The number of amides is 1. The van der Waals surface area contributed by atoms with Gasteiger partial charge in [0.2, 0.25) is 5.91 Å². The van der Waals surface area contributed by atoms with Crippen LogP contribution in [0.3, 0.4) is 0 Å². The fourth-order valence-electron chi connectivity index (χ4n) is 4.45. The number of H-pyrrole nitrogens is 1. The number of aromatic nitrogens is 7. The molecule has 1 saturated carbocycles.